The third kappa shape index (κ3) is 4.10. The van der Waals surface area contributed by atoms with Crippen LogP contribution in [0.2, 0.25) is 0 Å². The Morgan fingerprint density at radius 1 is 0.436 bits per heavy atom. The number of hydrogen-bond donors (Lipinski definition) is 2. The summed E-state index contributed by atoms with van der Waals surface area (Å²) in [7, 11) is 0. The molecule has 4 aromatic rings. The van der Waals surface area contributed by atoms with Crippen molar-refractivity contribution >= 4 is 0 Å². The van der Waals surface area contributed by atoms with Crippen LogP contribution in [-0.4, -0.2) is 9.97 Å². The molecule has 196 valence electrons. The second-order valence-corrected chi connectivity index (χ2v) is 11.9. The first-order chi connectivity index (χ1) is 18.8. The lowest BCUT2D eigenvalue weighted by atomic mass is 9.70. The summed E-state index contributed by atoms with van der Waals surface area (Å²) in [6, 6.07) is 30.9. The van der Waals surface area contributed by atoms with E-state index in [4.69, 9.17) is 0 Å². The van der Waals surface area contributed by atoms with Crippen molar-refractivity contribution in [2.24, 2.45) is 11.8 Å². The molecule has 0 bridgehead atoms. The van der Waals surface area contributed by atoms with Crippen LogP contribution in [0.5, 0.6) is 0 Å². The van der Waals surface area contributed by atoms with Crippen molar-refractivity contribution in [3.05, 3.63) is 167 Å². The Balaban J connectivity index is 1.38. The highest BCUT2D eigenvalue weighted by atomic mass is 14.8. The highest BCUT2D eigenvalue weighted by molar-refractivity contribution is 5.46. The standard InChI is InChI=1S/C37H38N2/c1-35(2,31-23-25-33(38-31)36(3,29-19-11-12-20-29)27-15-7-5-8-16-27)32-24-26-34(39-32)37(4,30-21-13-14-22-30)28-17-9-6-10-18-28/h5-26,29-30,38-39H,1-4H3. The zero-order valence-electron chi connectivity index (χ0n) is 23.4. The molecule has 0 radical (unpaired) electrons. The number of allylic oxidation sites excluding steroid dienone is 8. The number of aromatic nitrogens is 2. The van der Waals surface area contributed by atoms with Crippen molar-refractivity contribution in [2.45, 2.75) is 43.9 Å². The molecule has 0 fully saturated rings. The van der Waals surface area contributed by atoms with Gasteiger partial charge in [-0.1, -0.05) is 109 Å². The monoisotopic (exact) mass is 510 g/mol. The van der Waals surface area contributed by atoms with Gasteiger partial charge in [0.15, 0.2) is 0 Å². The van der Waals surface area contributed by atoms with Gasteiger partial charge in [0, 0.05) is 50.9 Å². The van der Waals surface area contributed by atoms with Crippen molar-refractivity contribution in [3.63, 3.8) is 0 Å². The highest BCUT2D eigenvalue weighted by Crippen LogP contribution is 2.45. The van der Waals surface area contributed by atoms with E-state index < -0.39 is 0 Å². The number of H-pyrrole nitrogens is 2. The fourth-order valence-corrected chi connectivity index (χ4v) is 6.53. The van der Waals surface area contributed by atoms with Gasteiger partial charge >= 0.3 is 0 Å². The van der Waals surface area contributed by atoms with E-state index in [2.05, 4.69) is 171 Å². The molecule has 0 amide bonds. The van der Waals surface area contributed by atoms with Crippen LogP contribution in [0.15, 0.2) is 134 Å². The molecule has 2 unspecified atom stereocenters. The van der Waals surface area contributed by atoms with Gasteiger partial charge in [-0.05, 0) is 63.1 Å². The van der Waals surface area contributed by atoms with Crippen LogP contribution in [0.25, 0.3) is 0 Å². The van der Waals surface area contributed by atoms with Crippen molar-refractivity contribution < 1.29 is 0 Å². The summed E-state index contributed by atoms with van der Waals surface area (Å²) in [6.07, 6.45) is 17.9. The fraction of sp³-hybridized carbons (Fsp3) is 0.243. The smallest absolute Gasteiger partial charge is 0.0447 e. The third-order valence-electron chi connectivity index (χ3n) is 9.41. The number of rotatable bonds is 8. The van der Waals surface area contributed by atoms with Gasteiger partial charge in [-0.25, -0.2) is 0 Å². The van der Waals surface area contributed by atoms with Crippen molar-refractivity contribution in [1.29, 1.82) is 0 Å². The summed E-state index contributed by atoms with van der Waals surface area (Å²) in [5, 5.41) is 0. The lowest BCUT2D eigenvalue weighted by Crippen LogP contribution is -2.32. The van der Waals surface area contributed by atoms with Gasteiger partial charge in [0.25, 0.3) is 0 Å². The van der Waals surface area contributed by atoms with E-state index >= 15 is 0 Å². The van der Waals surface area contributed by atoms with Gasteiger partial charge in [0.05, 0.1) is 0 Å². The van der Waals surface area contributed by atoms with E-state index in [1.54, 1.807) is 0 Å². The van der Waals surface area contributed by atoms with Gasteiger partial charge in [-0.15, -0.1) is 0 Å². The van der Waals surface area contributed by atoms with Gasteiger partial charge in [0.1, 0.15) is 0 Å². The molecule has 0 saturated carbocycles. The Morgan fingerprint density at radius 3 is 1.13 bits per heavy atom. The van der Waals surface area contributed by atoms with Crippen LogP contribution in [0, 0.1) is 11.8 Å². The van der Waals surface area contributed by atoms with E-state index in [1.165, 1.54) is 33.9 Å². The Morgan fingerprint density at radius 2 is 0.769 bits per heavy atom. The molecule has 2 aliphatic carbocycles. The van der Waals surface area contributed by atoms with Crippen LogP contribution < -0.4 is 0 Å². The predicted molar refractivity (Wildman–Crippen MR) is 163 cm³/mol. The minimum absolute atomic E-state index is 0.187. The highest BCUT2D eigenvalue weighted by Gasteiger charge is 2.40. The summed E-state index contributed by atoms with van der Waals surface area (Å²) in [5.41, 5.74) is 6.92. The normalized spacial score (nSPS) is 18.6. The van der Waals surface area contributed by atoms with Crippen LogP contribution >= 0.6 is 0 Å². The first kappa shape index (κ1) is 25.2. The van der Waals surface area contributed by atoms with Gasteiger partial charge in [0.2, 0.25) is 0 Å². The summed E-state index contributed by atoms with van der Waals surface area (Å²) in [5.74, 6) is 0.594. The summed E-state index contributed by atoms with van der Waals surface area (Å²) in [6.45, 7) is 9.33. The van der Waals surface area contributed by atoms with E-state index in [1.807, 2.05) is 0 Å². The predicted octanol–water partition coefficient (Wildman–Crippen LogP) is 8.77. The van der Waals surface area contributed by atoms with Crippen LogP contribution in [-0.2, 0) is 16.2 Å². The Labute approximate surface area is 232 Å². The van der Waals surface area contributed by atoms with Gasteiger partial charge in [-0.2, -0.15) is 0 Å². The van der Waals surface area contributed by atoms with Crippen molar-refractivity contribution in [3.8, 4) is 0 Å². The minimum Gasteiger partial charge on any atom is -0.361 e. The quantitative estimate of drug-likeness (QED) is 0.237. The molecule has 2 heteroatoms. The molecule has 2 aliphatic rings. The lowest BCUT2D eigenvalue weighted by Gasteiger charge is -2.35. The maximum atomic E-state index is 3.89. The molecule has 0 aliphatic heterocycles. The van der Waals surface area contributed by atoms with Crippen LogP contribution in [0.4, 0.5) is 0 Å². The molecule has 2 aromatic carbocycles. The average Bonchev–Trinajstić information content (AvgIpc) is 3.80. The van der Waals surface area contributed by atoms with Gasteiger partial charge in [-0.3, -0.25) is 0 Å². The molecular formula is C37H38N2. The largest absolute Gasteiger partial charge is 0.361 e. The molecule has 6 rings (SSSR count). The summed E-state index contributed by atoms with van der Waals surface area (Å²) in [4.78, 5) is 7.79. The number of benzene rings is 2. The molecule has 2 N–H and O–H groups in total. The average molecular weight is 511 g/mol. The third-order valence-corrected chi connectivity index (χ3v) is 9.41. The molecule has 39 heavy (non-hydrogen) atoms. The molecule has 2 nitrogen and oxygen atoms in total. The molecule has 0 saturated heterocycles. The first-order valence-electron chi connectivity index (χ1n) is 14.1. The van der Waals surface area contributed by atoms with E-state index in [0.29, 0.717) is 11.8 Å². The summed E-state index contributed by atoms with van der Waals surface area (Å²) >= 11 is 0. The zero-order valence-corrected chi connectivity index (χ0v) is 23.4. The molecule has 2 atom stereocenters. The Bertz CT molecular complexity index is 1420. The van der Waals surface area contributed by atoms with Crippen molar-refractivity contribution in [1.82, 2.24) is 9.97 Å². The zero-order chi connectivity index (χ0) is 27.1. The van der Waals surface area contributed by atoms with E-state index in [0.717, 1.165) is 0 Å². The topological polar surface area (TPSA) is 31.6 Å². The Kier molecular flexibility index (Phi) is 6.22. The van der Waals surface area contributed by atoms with Gasteiger partial charge < -0.3 is 9.97 Å². The molecular weight excluding hydrogens is 472 g/mol. The van der Waals surface area contributed by atoms with E-state index in [9.17, 15) is 0 Å². The first-order valence-corrected chi connectivity index (χ1v) is 14.1. The second-order valence-electron chi connectivity index (χ2n) is 11.9. The summed E-state index contributed by atoms with van der Waals surface area (Å²) < 4.78 is 0. The van der Waals surface area contributed by atoms with E-state index in [-0.39, 0.29) is 16.2 Å². The maximum Gasteiger partial charge on any atom is 0.0447 e. The van der Waals surface area contributed by atoms with Crippen molar-refractivity contribution in [2.75, 3.05) is 0 Å². The minimum atomic E-state index is -0.228. The molecule has 0 spiro atoms. The SMILES string of the molecule is CC(C)(c1ccc(C(C)(c2ccccc2)C2C=CC=C2)[nH]1)c1ccc(C(C)(c2ccccc2)C2C=CC=C2)[nH]1. The Hall–Kier alpha value is -4.04. The fourth-order valence-electron chi connectivity index (χ4n) is 6.53. The number of aromatic amines is 2. The number of nitrogens with one attached hydrogen (secondary N) is 2. The second kappa shape index (κ2) is 9.61. The molecule has 2 aromatic heterocycles. The maximum absolute atomic E-state index is 3.89. The number of hydrogen-bond acceptors (Lipinski definition) is 0. The lowest BCUT2D eigenvalue weighted by molar-refractivity contribution is 0.468. The molecule has 2 heterocycles. The van der Waals surface area contributed by atoms with Crippen LogP contribution in [0.3, 0.4) is 0 Å². The van der Waals surface area contributed by atoms with Crippen LogP contribution in [0.1, 0.15) is 61.6 Å².